The van der Waals surface area contributed by atoms with Gasteiger partial charge in [0.1, 0.15) is 6.04 Å². The number of amides is 1. The molecule has 0 radical (unpaired) electrons. The highest BCUT2D eigenvalue weighted by atomic mass is 32.2. The van der Waals surface area contributed by atoms with E-state index < -0.39 is 22.0 Å². The number of hydrogen-bond acceptors (Lipinski definition) is 4. The summed E-state index contributed by atoms with van der Waals surface area (Å²) in [6.07, 6.45) is 1.83. The van der Waals surface area contributed by atoms with Gasteiger partial charge in [-0.1, -0.05) is 0 Å². The fourth-order valence-electron chi connectivity index (χ4n) is 3.18. The zero-order valence-electron chi connectivity index (χ0n) is 12.7. The van der Waals surface area contributed by atoms with Crippen molar-refractivity contribution in [1.29, 1.82) is 0 Å². The predicted molar refractivity (Wildman–Crippen MR) is 82.7 cm³/mol. The third kappa shape index (κ3) is 2.61. The molecule has 1 amide bonds. The van der Waals surface area contributed by atoms with Crippen LogP contribution in [0.25, 0.3) is 0 Å². The quantitative estimate of drug-likeness (QED) is 0.881. The van der Waals surface area contributed by atoms with Crippen LogP contribution in [-0.2, 0) is 26.0 Å². The Kier molecular flexibility index (Phi) is 3.89. The molecule has 7 nitrogen and oxygen atoms in total. The molecule has 1 fully saturated rings. The van der Waals surface area contributed by atoms with Gasteiger partial charge in [0.15, 0.2) is 0 Å². The molecule has 8 heteroatoms. The molecule has 1 aromatic carbocycles. The molecular weight excluding hydrogens is 320 g/mol. The number of anilines is 1. The average Bonchev–Trinajstić information content (AvgIpc) is 2.81. The highest BCUT2D eigenvalue weighted by Gasteiger charge is 2.38. The van der Waals surface area contributed by atoms with E-state index in [0.717, 1.165) is 4.31 Å². The van der Waals surface area contributed by atoms with E-state index >= 15 is 0 Å². The summed E-state index contributed by atoms with van der Waals surface area (Å²) in [6, 6.07) is 3.51. The topological polar surface area (TPSA) is 95.0 Å². The van der Waals surface area contributed by atoms with Gasteiger partial charge in [0.25, 0.3) is 0 Å². The van der Waals surface area contributed by atoms with Crippen molar-refractivity contribution in [2.24, 2.45) is 0 Å². The summed E-state index contributed by atoms with van der Waals surface area (Å²) in [6.45, 7) is 0.204. The standard InChI is InChI=1S/C15H18N2O5S/c1-16-12-6-5-11(8-10(12)9-14(16)18)23(21,22)17-7-3-2-4-13(17)15(19)20/h5-6,8,13H,2-4,7,9H2,1H3,(H,19,20). The van der Waals surface area contributed by atoms with Crippen molar-refractivity contribution in [1.82, 2.24) is 4.31 Å². The Morgan fingerprint density at radius 3 is 2.74 bits per heavy atom. The van der Waals surface area contributed by atoms with Crippen LogP contribution in [0.5, 0.6) is 0 Å². The summed E-state index contributed by atoms with van der Waals surface area (Å²) in [5.74, 6) is -1.21. The first kappa shape index (κ1) is 15.9. The van der Waals surface area contributed by atoms with E-state index in [1.165, 1.54) is 17.0 Å². The molecule has 23 heavy (non-hydrogen) atoms. The molecule has 0 aromatic heterocycles. The van der Waals surface area contributed by atoms with Crippen molar-refractivity contribution in [2.45, 2.75) is 36.6 Å². The van der Waals surface area contributed by atoms with Crippen molar-refractivity contribution in [3.8, 4) is 0 Å². The molecule has 0 spiro atoms. The fraction of sp³-hybridized carbons (Fsp3) is 0.467. The van der Waals surface area contributed by atoms with E-state index in [9.17, 15) is 23.1 Å². The van der Waals surface area contributed by atoms with E-state index in [1.807, 2.05) is 0 Å². The van der Waals surface area contributed by atoms with Gasteiger partial charge in [-0.05, 0) is 43.0 Å². The van der Waals surface area contributed by atoms with Crippen LogP contribution in [0.1, 0.15) is 24.8 Å². The predicted octanol–water partition coefficient (Wildman–Crippen LogP) is 0.833. The van der Waals surface area contributed by atoms with Crippen molar-refractivity contribution in [2.75, 3.05) is 18.5 Å². The number of carbonyl (C=O) groups is 2. The molecule has 2 aliphatic heterocycles. The number of rotatable bonds is 3. The fourth-order valence-corrected chi connectivity index (χ4v) is 4.88. The number of carboxylic acids is 1. The van der Waals surface area contributed by atoms with Crippen molar-refractivity contribution >= 4 is 27.6 Å². The molecule has 1 unspecified atom stereocenters. The van der Waals surface area contributed by atoms with Crippen LogP contribution in [0, 0.1) is 0 Å². The number of aliphatic carboxylic acids is 1. The largest absolute Gasteiger partial charge is 0.480 e. The lowest BCUT2D eigenvalue weighted by Gasteiger charge is -2.32. The van der Waals surface area contributed by atoms with Gasteiger partial charge in [-0.15, -0.1) is 0 Å². The molecule has 1 aromatic rings. The van der Waals surface area contributed by atoms with Crippen LogP contribution in [-0.4, -0.2) is 49.3 Å². The minimum Gasteiger partial charge on any atom is -0.480 e. The number of carboxylic acid groups (broad SMARTS) is 1. The minimum atomic E-state index is -3.89. The maximum Gasteiger partial charge on any atom is 0.322 e. The second kappa shape index (κ2) is 5.61. The summed E-state index contributed by atoms with van der Waals surface area (Å²) >= 11 is 0. The maximum atomic E-state index is 12.8. The van der Waals surface area contributed by atoms with Gasteiger partial charge < -0.3 is 10.0 Å². The molecule has 0 saturated carbocycles. The van der Waals surface area contributed by atoms with Crippen molar-refractivity contribution in [3.63, 3.8) is 0 Å². The first-order valence-corrected chi connectivity index (χ1v) is 8.90. The van der Waals surface area contributed by atoms with Gasteiger partial charge in [0, 0.05) is 19.3 Å². The lowest BCUT2D eigenvalue weighted by Crippen LogP contribution is -2.47. The molecule has 3 rings (SSSR count). The smallest absolute Gasteiger partial charge is 0.322 e. The Hall–Kier alpha value is -1.93. The van der Waals surface area contributed by atoms with Gasteiger partial charge in [0.2, 0.25) is 15.9 Å². The molecule has 1 N–H and O–H groups in total. The SMILES string of the molecule is CN1C(=O)Cc2cc(S(=O)(=O)N3CCCCC3C(=O)O)ccc21. The lowest BCUT2D eigenvalue weighted by molar-refractivity contribution is -0.142. The molecule has 0 bridgehead atoms. The highest BCUT2D eigenvalue weighted by Crippen LogP contribution is 2.32. The minimum absolute atomic E-state index is 0.0486. The molecule has 2 heterocycles. The molecule has 0 aliphatic carbocycles. The van der Waals surface area contributed by atoms with Crippen molar-refractivity contribution in [3.05, 3.63) is 23.8 Å². The number of likely N-dealkylation sites (N-methyl/N-ethyl adjacent to an activating group) is 1. The highest BCUT2D eigenvalue weighted by molar-refractivity contribution is 7.89. The molecular formula is C15H18N2O5S. The van der Waals surface area contributed by atoms with Crippen LogP contribution in [0.4, 0.5) is 5.69 Å². The van der Waals surface area contributed by atoms with Gasteiger partial charge >= 0.3 is 5.97 Å². The van der Waals surface area contributed by atoms with Crippen LogP contribution in [0.2, 0.25) is 0 Å². The summed E-state index contributed by atoms with van der Waals surface area (Å²) in [7, 11) is -2.24. The van der Waals surface area contributed by atoms with E-state index in [0.29, 0.717) is 30.5 Å². The molecule has 2 aliphatic rings. The number of sulfonamides is 1. The van der Waals surface area contributed by atoms with E-state index in [4.69, 9.17) is 0 Å². The second-order valence-electron chi connectivity index (χ2n) is 5.89. The summed E-state index contributed by atoms with van der Waals surface area (Å²) in [5, 5.41) is 9.29. The number of carbonyl (C=O) groups excluding carboxylic acids is 1. The normalized spacial score (nSPS) is 22.2. The summed E-state index contributed by atoms with van der Waals surface area (Å²) in [4.78, 5) is 24.6. The Morgan fingerprint density at radius 1 is 1.30 bits per heavy atom. The number of benzene rings is 1. The zero-order valence-corrected chi connectivity index (χ0v) is 13.5. The van der Waals surface area contributed by atoms with Crippen LogP contribution >= 0.6 is 0 Å². The number of hydrogen-bond donors (Lipinski definition) is 1. The van der Waals surface area contributed by atoms with Gasteiger partial charge in [-0.2, -0.15) is 4.31 Å². The Labute approximate surface area is 134 Å². The Morgan fingerprint density at radius 2 is 2.04 bits per heavy atom. The van der Waals surface area contributed by atoms with Crippen molar-refractivity contribution < 1.29 is 23.1 Å². The monoisotopic (exact) mass is 338 g/mol. The third-order valence-corrected chi connectivity index (χ3v) is 6.38. The van der Waals surface area contributed by atoms with Crippen LogP contribution < -0.4 is 4.90 Å². The number of piperidine rings is 1. The molecule has 1 saturated heterocycles. The lowest BCUT2D eigenvalue weighted by atomic mass is 10.1. The Bertz CT molecular complexity index is 774. The number of fused-ring (bicyclic) bond motifs is 1. The van der Waals surface area contributed by atoms with E-state index in [2.05, 4.69) is 0 Å². The summed E-state index contributed by atoms with van der Waals surface area (Å²) in [5.41, 5.74) is 1.35. The first-order valence-electron chi connectivity index (χ1n) is 7.46. The molecule has 1 atom stereocenters. The van der Waals surface area contributed by atoms with Gasteiger partial charge in [-0.25, -0.2) is 8.42 Å². The number of nitrogens with zero attached hydrogens (tertiary/aromatic N) is 2. The first-order chi connectivity index (χ1) is 10.8. The van der Waals surface area contributed by atoms with E-state index in [-0.39, 0.29) is 23.8 Å². The zero-order chi connectivity index (χ0) is 16.8. The second-order valence-corrected chi connectivity index (χ2v) is 7.78. The molecule has 124 valence electrons. The van der Waals surface area contributed by atoms with E-state index in [1.54, 1.807) is 13.1 Å². The van der Waals surface area contributed by atoms with Gasteiger partial charge in [0.05, 0.1) is 11.3 Å². The summed E-state index contributed by atoms with van der Waals surface area (Å²) < 4.78 is 26.7. The maximum absolute atomic E-state index is 12.8. The van der Waals surface area contributed by atoms with Crippen LogP contribution in [0.3, 0.4) is 0 Å². The average molecular weight is 338 g/mol. The Balaban J connectivity index is 1.99. The third-order valence-electron chi connectivity index (χ3n) is 4.47. The van der Waals surface area contributed by atoms with Crippen LogP contribution in [0.15, 0.2) is 23.1 Å². The van der Waals surface area contributed by atoms with Gasteiger partial charge in [-0.3, -0.25) is 9.59 Å².